The van der Waals surface area contributed by atoms with Gasteiger partial charge in [0.1, 0.15) is 0 Å². The Morgan fingerprint density at radius 1 is 1.15 bits per heavy atom. The Morgan fingerprint density at radius 3 is 2.55 bits per heavy atom. The Balaban J connectivity index is 1.90. The van der Waals surface area contributed by atoms with Crippen LogP contribution in [-0.4, -0.2) is 37.0 Å². The van der Waals surface area contributed by atoms with Crippen molar-refractivity contribution in [2.75, 3.05) is 26.2 Å². The molecule has 0 radical (unpaired) electrons. The number of amides is 1. The van der Waals surface area contributed by atoms with Crippen LogP contribution < -0.4 is 5.32 Å². The topological polar surface area (TPSA) is 32.3 Å². The number of nitrogens with one attached hydrogen (secondary N) is 1. The summed E-state index contributed by atoms with van der Waals surface area (Å²) in [5, 5.41) is 3.33. The first-order valence-corrected chi connectivity index (χ1v) is 7.71. The van der Waals surface area contributed by atoms with Crippen molar-refractivity contribution < 1.29 is 4.79 Å². The molecule has 1 N–H and O–H groups in total. The third-order valence-corrected chi connectivity index (χ3v) is 3.72. The molecule has 0 spiro atoms. The summed E-state index contributed by atoms with van der Waals surface area (Å²) in [6, 6.07) is 8.52. The van der Waals surface area contributed by atoms with Crippen molar-refractivity contribution >= 4 is 5.91 Å². The fraction of sp³-hybridized carbons (Fsp3) is 0.588. The van der Waals surface area contributed by atoms with Crippen LogP contribution in [0, 0.1) is 5.92 Å². The molecule has 3 nitrogen and oxygen atoms in total. The molecule has 0 aliphatic carbocycles. The molecule has 1 heterocycles. The van der Waals surface area contributed by atoms with Gasteiger partial charge in [-0.05, 0) is 36.4 Å². The summed E-state index contributed by atoms with van der Waals surface area (Å²) in [6.45, 7) is 8.11. The van der Waals surface area contributed by atoms with E-state index >= 15 is 0 Å². The summed E-state index contributed by atoms with van der Waals surface area (Å²) in [7, 11) is 0. The average molecular weight is 274 g/mol. The van der Waals surface area contributed by atoms with Gasteiger partial charge in [-0.1, -0.05) is 38.1 Å². The van der Waals surface area contributed by atoms with E-state index in [4.69, 9.17) is 0 Å². The lowest BCUT2D eigenvalue weighted by Gasteiger charge is -2.20. The molecule has 0 saturated carbocycles. The van der Waals surface area contributed by atoms with Crippen molar-refractivity contribution in [3.63, 3.8) is 0 Å². The molecule has 1 aromatic rings. The van der Waals surface area contributed by atoms with Crippen LogP contribution in [0.3, 0.4) is 0 Å². The Kier molecular flexibility index (Phi) is 5.60. The van der Waals surface area contributed by atoms with Crippen LogP contribution in [0.15, 0.2) is 24.3 Å². The Bertz CT molecular complexity index is 417. The highest BCUT2D eigenvalue weighted by atomic mass is 16.2. The van der Waals surface area contributed by atoms with Crippen molar-refractivity contribution in [1.82, 2.24) is 10.2 Å². The van der Waals surface area contributed by atoms with Crippen LogP contribution in [0.4, 0.5) is 0 Å². The minimum Gasteiger partial charge on any atom is -0.341 e. The van der Waals surface area contributed by atoms with Gasteiger partial charge >= 0.3 is 0 Å². The smallest absolute Gasteiger partial charge is 0.227 e. The van der Waals surface area contributed by atoms with E-state index in [9.17, 15) is 4.79 Å². The standard InChI is InChI=1S/C17H26N2O/c1-14(2)12-15-4-6-16(7-5-15)13-17(20)19-10-3-8-18-9-11-19/h4-7,14,18H,3,8-13H2,1-2H3. The first-order chi connectivity index (χ1) is 9.65. The molecule has 2 rings (SSSR count). The van der Waals surface area contributed by atoms with Crippen molar-refractivity contribution in [2.24, 2.45) is 5.92 Å². The number of carbonyl (C=O) groups is 1. The molecule has 0 aromatic heterocycles. The number of rotatable bonds is 4. The molecule has 1 saturated heterocycles. The SMILES string of the molecule is CC(C)Cc1ccc(CC(=O)N2CCCNCC2)cc1. The number of carbonyl (C=O) groups excluding carboxylic acids is 1. The Hall–Kier alpha value is -1.35. The highest BCUT2D eigenvalue weighted by molar-refractivity contribution is 5.78. The second-order valence-electron chi connectivity index (χ2n) is 6.08. The molecule has 1 amide bonds. The van der Waals surface area contributed by atoms with Gasteiger partial charge in [0, 0.05) is 19.6 Å². The Labute approximate surface area is 122 Å². The van der Waals surface area contributed by atoms with Crippen molar-refractivity contribution in [3.05, 3.63) is 35.4 Å². The van der Waals surface area contributed by atoms with Gasteiger partial charge in [0.2, 0.25) is 5.91 Å². The van der Waals surface area contributed by atoms with E-state index in [-0.39, 0.29) is 5.91 Å². The van der Waals surface area contributed by atoms with Gasteiger partial charge in [0.25, 0.3) is 0 Å². The fourth-order valence-corrected chi connectivity index (χ4v) is 2.65. The van der Waals surface area contributed by atoms with Crippen LogP contribution in [0.25, 0.3) is 0 Å². The second-order valence-corrected chi connectivity index (χ2v) is 6.08. The van der Waals surface area contributed by atoms with Crippen LogP contribution in [0.5, 0.6) is 0 Å². The number of hydrogen-bond donors (Lipinski definition) is 1. The van der Waals surface area contributed by atoms with Gasteiger partial charge in [-0.3, -0.25) is 4.79 Å². The summed E-state index contributed by atoms with van der Waals surface area (Å²) in [5.74, 6) is 0.928. The van der Waals surface area contributed by atoms with Gasteiger partial charge in [-0.25, -0.2) is 0 Å². The molecule has 0 atom stereocenters. The lowest BCUT2D eigenvalue weighted by molar-refractivity contribution is -0.130. The van der Waals surface area contributed by atoms with Gasteiger partial charge < -0.3 is 10.2 Å². The third kappa shape index (κ3) is 4.64. The summed E-state index contributed by atoms with van der Waals surface area (Å²) < 4.78 is 0. The summed E-state index contributed by atoms with van der Waals surface area (Å²) in [5.41, 5.74) is 2.48. The minimum atomic E-state index is 0.255. The fourth-order valence-electron chi connectivity index (χ4n) is 2.65. The lowest BCUT2D eigenvalue weighted by atomic mass is 10.0. The zero-order chi connectivity index (χ0) is 14.4. The molecule has 0 bridgehead atoms. The second kappa shape index (κ2) is 7.44. The van der Waals surface area contributed by atoms with E-state index in [1.165, 1.54) is 5.56 Å². The van der Waals surface area contributed by atoms with E-state index < -0.39 is 0 Å². The predicted molar refractivity (Wildman–Crippen MR) is 82.8 cm³/mol. The zero-order valence-electron chi connectivity index (χ0n) is 12.7. The lowest BCUT2D eigenvalue weighted by Crippen LogP contribution is -2.35. The predicted octanol–water partition coefficient (Wildman–Crippen LogP) is 2.25. The van der Waals surface area contributed by atoms with E-state index in [0.717, 1.165) is 44.6 Å². The normalized spacial score (nSPS) is 16.2. The van der Waals surface area contributed by atoms with Gasteiger partial charge in [-0.15, -0.1) is 0 Å². The van der Waals surface area contributed by atoms with Gasteiger partial charge in [0.15, 0.2) is 0 Å². The molecule has 20 heavy (non-hydrogen) atoms. The monoisotopic (exact) mass is 274 g/mol. The first kappa shape index (κ1) is 15.0. The molecule has 110 valence electrons. The highest BCUT2D eigenvalue weighted by Gasteiger charge is 2.15. The largest absolute Gasteiger partial charge is 0.341 e. The summed E-state index contributed by atoms with van der Waals surface area (Å²) in [4.78, 5) is 14.3. The van der Waals surface area contributed by atoms with Gasteiger partial charge in [-0.2, -0.15) is 0 Å². The maximum atomic E-state index is 12.3. The molecule has 3 heteroatoms. The molecule has 0 unspecified atom stereocenters. The molecule has 1 fully saturated rings. The Morgan fingerprint density at radius 2 is 1.85 bits per heavy atom. The van der Waals surface area contributed by atoms with Crippen molar-refractivity contribution in [1.29, 1.82) is 0 Å². The highest BCUT2D eigenvalue weighted by Crippen LogP contribution is 2.11. The van der Waals surface area contributed by atoms with Crippen LogP contribution in [-0.2, 0) is 17.6 Å². The third-order valence-electron chi connectivity index (χ3n) is 3.72. The van der Waals surface area contributed by atoms with E-state index in [1.807, 2.05) is 4.90 Å². The molecule has 1 aliphatic heterocycles. The van der Waals surface area contributed by atoms with E-state index in [1.54, 1.807) is 0 Å². The van der Waals surface area contributed by atoms with E-state index in [2.05, 4.69) is 43.4 Å². The summed E-state index contributed by atoms with van der Waals surface area (Å²) in [6.07, 6.45) is 2.69. The maximum Gasteiger partial charge on any atom is 0.227 e. The number of hydrogen-bond acceptors (Lipinski definition) is 2. The molecule has 1 aromatic carbocycles. The van der Waals surface area contributed by atoms with E-state index in [0.29, 0.717) is 12.3 Å². The van der Waals surface area contributed by atoms with Gasteiger partial charge in [0.05, 0.1) is 6.42 Å². The van der Waals surface area contributed by atoms with Crippen molar-refractivity contribution in [2.45, 2.75) is 33.1 Å². The molecular weight excluding hydrogens is 248 g/mol. The van der Waals surface area contributed by atoms with Crippen LogP contribution in [0.1, 0.15) is 31.4 Å². The minimum absolute atomic E-state index is 0.255. The number of nitrogens with zero attached hydrogens (tertiary/aromatic N) is 1. The maximum absolute atomic E-state index is 12.3. The van der Waals surface area contributed by atoms with Crippen LogP contribution in [0.2, 0.25) is 0 Å². The molecule has 1 aliphatic rings. The molecular formula is C17H26N2O. The van der Waals surface area contributed by atoms with Crippen molar-refractivity contribution in [3.8, 4) is 0 Å². The average Bonchev–Trinajstić information content (AvgIpc) is 2.69. The summed E-state index contributed by atoms with van der Waals surface area (Å²) >= 11 is 0. The zero-order valence-corrected chi connectivity index (χ0v) is 12.7. The number of benzene rings is 1. The first-order valence-electron chi connectivity index (χ1n) is 7.71. The quantitative estimate of drug-likeness (QED) is 0.913. The van der Waals surface area contributed by atoms with Crippen LogP contribution >= 0.6 is 0 Å².